The van der Waals surface area contributed by atoms with E-state index in [0.717, 1.165) is 31.5 Å². The highest BCUT2D eigenvalue weighted by Gasteiger charge is 2.38. The summed E-state index contributed by atoms with van der Waals surface area (Å²) < 4.78 is 1.83. The summed E-state index contributed by atoms with van der Waals surface area (Å²) in [6, 6.07) is 2.27. The molecule has 1 N–H and O–H groups in total. The summed E-state index contributed by atoms with van der Waals surface area (Å²) in [5, 5.41) is 20.1. The van der Waals surface area contributed by atoms with Crippen LogP contribution < -0.4 is 5.32 Å². The molecule has 0 radical (unpaired) electrons. The minimum absolute atomic E-state index is 0.121. The lowest BCUT2D eigenvalue weighted by Gasteiger charge is -2.23. The Hall–Kier alpha value is -1.90. The molecule has 108 valence electrons. The first-order chi connectivity index (χ1) is 9.68. The second kappa shape index (κ2) is 6.51. The molecule has 0 bridgehead atoms. The monoisotopic (exact) mass is 275 g/mol. The number of carbonyl (C=O) groups excluding carboxylic acids is 1. The van der Waals surface area contributed by atoms with Crippen LogP contribution in [0.4, 0.5) is 0 Å². The van der Waals surface area contributed by atoms with Gasteiger partial charge in [0.25, 0.3) is 0 Å². The van der Waals surface area contributed by atoms with Gasteiger partial charge >= 0.3 is 0 Å². The van der Waals surface area contributed by atoms with Crippen molar-refractivity contribution in [1.82, 2.24) is 20.1 Å². The molecule has 0 aromatic carbocycles. The predicted molar refractivity (Wildman–Crippen MR) is 73.5 cm³/mol. The molecule has 1 heterocycles. The summed E-state index contributed by atoms with van der Waals surface area (Å²) in [5.41, 5.74) is -0.823. The van der Waals surface area contributed by atoms with E-state index in [1.165, 1.54) is 0 Å². The van der Waals surface area contributed by atoms with Crippen molar-refractivity contribution in [3.05, 3.63) is 12.2 Å². The molecule has 6 heteroatoms. The van der Waals surface area contributed by atoms with E-state index in [-0.39, 0.29) is 5.91 Å². The molecule has 1 fully saturated rings. The predicted octanol–water partition coefficient (Wildman–Crippen LogP) is 1.34. The van der Waals surface area contributed by atoms with Gasteiger partial charge in [0.05, 0.1) is 6.07 Å². The lowest BCUT2D eigenvalue weighted by molar-refractivity contribution is -0.128. The van der Waals surface area contributed by atoms with E-state index < -0.39 is 5.41 Å². The van der Waals surface area contributed by atoms with Gasteiger partial charge in [-0.15, -0.1) is 10.2 Å². The Morgan fingerprint density at radius 1 is 1.45 bits per heavy atom. The highest BCUT2D eigenvalue weighted by Crippen LogP contribution is 2.34. The molecule has 0 atom stereocenters. The van der Waals surface area contributed by atoms with Crippen molar-refractivity contribution >= 4 is 5.91 Å². The van der Waals surface area contributed by atoms with Crippen LogP contribution in [0.3, 0.4) is 0 Å². The van der Waals surface area contributed by atoms with Crippen molar-refractivity contribution < 1.29 is 4.79 Å². The van der Waals surface area contributed by atoms with Crippen LogP contribution >= 0.6 is 0 Å². The molecule has 0 saturated heterocycles. The number of carbonyl (C=O) groups is 1. The number of nitrogens with zero attached hydrogens (tertiary/aromatic N) is 4. The van der Waals surface area contributed by atoms with E-state index in [0.29, 0.717) is 25.8 Å². The van der Waals surface area contributed by atoms with Crippen LogP contribution in [0.5, 0.6) is 0 Å². The van der Waals surface area contributed by atoms with Crippen LogP contribution in [0.15, 0.2) is 6.33 Å². The number of aromatic nitrogens is 3. The Kier molecular flexibility index (Phi) is 4.72. The minimum atomic E-state index is -0.823. The first-order valence-corrected chi connectivity index (χ1v) is 7.20. The Balaban J connectivity index is 1.89. The molecule has 1 aromatic heterocycles. The van der Waals surface area contributed by atoms with Gasteiger partial charge in [-0.05, 0) is 12.8 Å². The van der Waals surface area contributed by atoms with E-state index >= 15 is 0 Å². The molecule has 1 aromatic rings. The second-order valence-corrected chi connectivity index (χ2v) is 5.47. The lowest BCUT2D eigenvalue weighted by atomic mass is 9.81. The van der Waals surface area contributed by atoms with E-state index in [1.807, 2.05) is 11.6 Å². The van der Waals surface area contributed by atoms with Gasteiger partial charge < -0.3 is 9.88 Å². The number of nitriles is 1. The number of rotatable bonds is 4. The van der Waals surface area contributed by atoms with Crippen molar-refractivity contribution in [3.63, 3.8) is 0 Å². The topological polar surface area (TPSA) is 83.6 Å². The van der Waals surface area contributed by atoms with Gasteiger partial charge in [-0.1, -0.05) is 25.7 Å². The maximum atomic E-state index is 12.3. The van der Waals surface area contributed by atoms with Crippen LogP contribution in [0, 0.1) is 16.7 Å². The molecule has 0 spiro atoms. The van der Waals surface area contributed by atoms with Gasteiger partial charge in [-0.25, -0.2) is 0 Å². The van der Waals surface area contributed by atoms with Crippen LogP contribution in [0.25, 0.3) is 0 Å². The molecule has 1 aliphatic carbocycles. The first-order valence-electron chi connectivity index (χ1n) is 7.20. The molecule has 1 amide bonds. The number of hydrogen-bond acceptors (Lipinski definition) is 4. The maximum absolute atomic E-state index is 12.3. The van der Waals surface area contributed by atoms with Gasteiger partial charge in [0.2, 0.25) is 5.91 Å². The van der Waals surface area contributed by atoms with E-state index in [2.05, 4.69) is 21.6 Å². The van der Waals surface area contributed by atoms with Crippen molar-refractivity contribution in [1.29, 1.82) is 5.26 Å². The van der Waals surface area contributed by atoms with Crippen molar-refractivity contribution in [2.45, 2.75) is 44.9 Å². The fourth-order valence-electron chi connectivity index (χ4n) is 2.71. The zero-order valence-corrected chi connectivity index (χ0v) is 11.9. The highest BCUT2D eigenvalue weighted by molar-refractivity contribution is 5.85. The summed E-state index contributed by atoms with van der Waals surface area (Å²) in [5.74, 6) is 0.709. The average molecular weight is 275 g/mol. The average Bonchev–Trinajstić information content (AvgIpc) is 2.73. The van der Waals surface area contributed by atoms with Crippen LogP contribution in [0.2, 0.25) is 0 Å². The standard InChI is InChI=1S/C14H21N5O/c1-19-11-17-18-12(19)6-9-16-13(20)14(10-15)7-4-2-3-5-8-14/h11H,2-9H2,1H3,(H,16,20). The van der Waals surface area contributed by atoms with Gasteiger partial charge in [0.15, 0.2) is 0 Å². The zero-order valence-electron chi connectivity index (χ0n) is 11.9. The number of hydrogen-bond donors (Lipinski definition) is 1. The number of aryl methyl sites for hydroxylation is 1. The van der Waals surface area contributed by atoms with E-state index in [9.17, 15) is 10.1 Å². The van der Waals surface area contributed by atoms with Gasteiger partial charge in [0.1, 0.15) is 17.6 Å². The Labute approximate surface area is 119 Å². The molecule has 2 rings (SSSR count). The second-order valence-electron chi connectivity index (χ2n) is 5.47. The molecule has 20 heavy (non-hydrogen) atoms. The van der Waals surface area contributed by atoms with Gasteiger partial charge in [-0.2, -0.15) is 5.26 Å². The molecular formula is C14H21N5O. The normalized spacial score (nSPS) is 18.0. The smallest absolute Gasteiger partial charge is 0.240 e. The Bertz CT molecular complexity index is 494. The Morgan fingerprint density at radius 2 is 2.15 bits per heavy atom. The van der Waals surface area contributed by atoms with Crippen molar-refractivity contribution in [2.75, 3.05) is 6.54 Å². The molecular weight excluding hydrogens is 254 g/mol. The fraction of sp³-hybridized carbons (Fsp3) is 0.714. The van der Waals surface area contributed by atoms with Gasteiger partial charge in [0, 0.05) is 20.0 Å². The summed E-state index contributed by atoms with van der Waals surface area (Å²) in [6.45, 7) is 0.495. The molecule has 1 aliphatic rings. The zero-order chi connectivity index (χ0) is 14.4. The van der Waals surface area contributed by atoms with Gasteiger partial charge in [-0.3, -0.25) is 4.79 Å². The maximum Gasteiger partial charge on any atom is 0.240 e. The lowest BCUT2D eigenvalue weighted by Crippen LogP contribution is -2.40. The summed E-state index contributed by atoms with van der Waals surface area (Å²) in [6.07, 6.45) is 7.79. The summed E-state index contributed by atoms with van der Waals surface area (Å²) in [4.78, 5) is 12.3. The number of nitrogens with one attached hydrogen (secondary N) is 1. The van der Waals surface area contributed by atoms with Crippen molar-refractivity contribution in [3.8, 4) is 6.07 Å². The first kappa shape index (κ1) is 14.5. The third-order valence-electron chi connectivity index (χ3n) is 4.05. The van der Waals surface area contributed by atoms with E-state index in [4.69, 9.17) is 0 Å². The molecule has 0 aliphatic heterocycles. The SMILES string of the molecule is Cn1cnnc1CCNC(=O)C1(C#N)CCCCCC1. The summed E-state index contributed by atoms with van der Waals surface area (Å²) >= 11 is 0. The van der Waals surface area contributed by atoms with Crippen LogP contribution in [-0.4, -0.2) is 27.2 Å². The molecule has 1 saturated carbocycles. The molecule has 0 unspecified atom stereocenters. The van der Waals surface area contributed by atoms with E-state index in [1.54, 1.807) is 6.33 Å². The summed E-state index contributed by atoms with van der Waals surface area (Å²) in [7, 11) is 1.87. The van der Waals surface area contributed by atoms with Crippen LogP contribution in [0.1, 0.15) is 44.3 Å². The fourth-order valence-corrected chi connectivity index (χ4v) is 2.71. The van der Waals surface area contributed by atoms with Crippen LogP contribution in [-0.2, 0) is 18.3 Å². The third-order valence-corrected chi connectivity index (χ3v) is 4.05. The highest BCUT2D eigenvalue weighted by atomic mass is 16.2. The van der Waals surface area contributed by atoms with Crippen molar-refractivity contribution in [2.24, 2.45) is 12.5 Å². The number of amides is 1. The minimum Gasteiger partial charge on any atom is -0.354 e. The quantitative estimate of drug-likeness (QED) is 0.840. The third kappa shape index (κ3) is 3.16. The largest absolute Gasteiger partial charge is 0.354 e. The Morgan fingerprint density at radius 3 is 2.70 bits per heavy atom. The molecule has 6 nitrogen and oxygen atoms in total.